The number of carbonyl (C=O) groups is 1. The van der Waals surface area contributed by atoms with Crippen molar-refractivity contribution >= 4 is 28.3 Å². The topological polar surface area (TPSA) is 22.0 Å². The average molecular weight is 262 g/mol. The van der Waals surface area contributed by atoms with Crippen LogP contribution in [0.3, 0.4) is 0 Å². The molecular weight excluding hydrogens is 246 g/mol. The van der Waals surface area contributed by atoms with Crippen LogP contribution in [-0.4, -0.2) is 10.4 Å². The molecule has 1 aliphatic carbocycles. The van der Waals surface area contributed by atoms with Gasteiger partial charge in [0, 0.05) is 22.7 Å². The van der Waals surface area contributed by atoms with Crippen LogP contribution in [0.1, 0.15) is 25.7 Å². The van der Waals surface area contributed by atoms with E-state index in [9.17, 15) is 4.79 Å². The van der Waals surface area contributed by atoms with Gasteiger partial charge in [-0.15, -0.1) is 0 Å². The van der Waals surface area contributed by atoms with Gasteiger partial charge in [-0.05, 0) is 36.4 Å². The first-order chi connectivity index (χ1) is 8.74. The third-order valence-electron chi connectivity index (χ3n) is 3.87. The Morgan fingerprint density at radius 2 is 2.06 bits per heavy atom. The van der Waals surface area contributed by atoms with Crippen molar-refractivity contribution in [3.8, 4) is 0 Å². The van der Waals surface area contributed by atoms with Gasteiger partial charge in [-0.3, -0.25) is 4.79 Å². The van der Waals surface area contributed by atoms with Crippen molar-refractivity contribution in [1.29, 1.82) is 0 Å². The first-order valence-corrected chi connectivity index (χ1v) is 6.89. The zero-order chi connectivity index (χ0) is 12.5. The smallest absolute Gasteiger partial charge is 0.155 e. The lowest BCUT2D eigenvalue weighted by molar-refractivity contribution is -0.123. The van der Waals surface area contributed by atoms with E-state index < -0.39 is 0 Å². The molecular formula is C15H16ClNO. The van der Waals surface area contributed by atoms with E-state index in [0.717, 1.165) is 28.8 Å². The Balaban J connectivity index is 1.85. The Hall–Kier alpha value is -1.28. The van der Waals surface area contributed by atoms with Gasteiger partial charge in [-0.25, -0.2) is 0 Å². The Morgan fingerprint density at radius 3 is 2.83 bits per heavy atom. The molecule has 1 fully saturated rings. The SMILES string of the molecule is O=C(Cn1ccc2ccc(Cl)cc21)C1CCCC1. The van der Waals surface area contributed by atoms with Crippen LogP contribution in [0.5, 0.6) is 0 Å². The predicted octanol–water partition coefficient (Wildman–Crippen LogP) is 4.05. The highest BCUT2D eigenvalue weighted by Crippen LogP contribution is 2.27. The summed E-state index contributed by atoms with van der Waals surface area (Å²) in [6.07, 6.45) is 6.52. The third kappa shape index (κ3) is 2.17. The van der Waals surface area contributed by atoms with Gasteiger partial charge in [0.1, 0.15) is 0 Å². The summed E-state index contributed by atoms with van der Waals surface area (Å²) in [6, 6.07) is 7.84. The summed E-state index contributed by atoms with van der Waals surface area (Å²) in [5, 5.41) is 1.86. The number of nitrogens with zero attached hydrogens (tertiary/aromatic N) is 1. The number of Topliss-reactive ketones (excluding diaryl/α,β-unsaturated/α-hetero) is 1. The lowest BCUT2D eigenvalue weighted by atomic mass is 10.0. The van der Waals surface area contributed by atoms with E-state index in [1.165, 1.54) is 12.8 Å². The van der Waals surface area contributed by atoms with Crippen molar-refractivity contribution in [2.75, 3.05) is 0 Å². The van der Waals surface area contributed by atoms with Crippen LogP contribution in [0.15, 0.2) is 30.5 Å². The molecule has 0 bridgehead atoms. The minimum atomic E-state index is 0.279. The van der Waals surface area contributed by atoms with E-state index in [1.54, 1.807) is 0 Å². The molecule has 1 heterocycles. The number of fused-ring (bicyclic) bond motifs is 1. The van der Waals surface area contributed by atoms with E-state index in [4.69, 9.17) is 11.6 Å². The Morgan fingerprint density at radius 1 is 1.28 bits per heavy atom. The van der Waals surface area contributed by atoms with E-state index in [1.807, 2.05) is 35.0 Å². The molecule has 1 aromatic carbocycles. The summed E-state index contributed by atoms with van der Waals surface area (Å²) in [5.74, 6) is 0.645. The average Bonchev–Trinajstić information content (AvgIpc) is 2.99. The van der Waals surface area contributed by atoms with Gasteiger partial charge in [-0.2, -0.15) is 0 Å². The molecule has 0 radical (unpaired) electrons. The van der Waals surface area contributed by atoms with Gasteiger partial charge in [0.25, 0.3) is 0 Å². The number of aromatic nitrogens is 1. The number of carbonyl (C=O) groups excluding carboxylic acids is 1. The van der Waals surface area contributed by atoms with Crippen LogP contribution >= 0.6 is 11.6 Å². The summed E-state index contributed by atoms with van der Waals surface area (Å²) >= 11 is 6.01. The zero-order valence-electron chi connectivity index (χ0n) is 10.2. The number of ketones is 1. The quantitative estimate of drug-likeness (QED) is 0.817. The van der Waals surface area contributed by atoms with Crippen LogP contribution in [0.2, 0.25) is 5.02 Å². The maximum Gasteiger partial charge on any atom is 0.155 e. The number of hydrogen-bond donors (Lipinski definition) is 0. The molecule has 0 saturated heterocycles. The molecule has 0 unspecified atom stereocenters. The summed E-state index contributed by atoms with van der Waals surface area (Å²) in [4.78, 5) is 12.2. The molecule has 0 N–H and O–H groups in total. The van der Waals surface area contributed by atoms with Crippen LogP contribution < -0.4 is 0 Å². The molecule has 2 nitrogen and oxygen atoms in total. The van der Waals surface area contributed by atoms with Crippen LogP contribution in [-0.2, 0) is 11.3 Å². The Bertz CT molecular complexity index is 581. The maximum absolute atomic E-state index is 12.2. The van der Waals surface area contributed by atoms with Crippen molar-refractivity contribution in [3.63, 3.8) is 0 Å². The molecule has 94 valence electrons. The molecule has 1 aliphatic rings. The van der Waals surface area contributed by atoms with E-state index >= 15 is 0 Å². The fraction of sp³-hybridized carbons (Fsp3) is 0.400. The Labute approximate surface area is 112 Å². The lowest BCUT2D eigenvalue weighted by Gasteiger charge is -2.09. The van der Waals surface area contributed by atoms with Gasteiger partial charge < -0.3 is 4.57 Å². The van der Waals surface area contributed by atoms with Crippen LogP contribution in [0, 0.1) is 5.92 Å². The second-order valence-electron chi connectivity index (χ2n) is 5.09. The molecule has 2 aromatic rings. The second kappa shape index (κ2) is 4.77. The van der Waals surface area contributed by atoms with Crippen molar-refractivity contribution in [1.82, 2.24) is 4.57 Å². The molecule has 18 heavy (non-hydrogen) atoms. The van der Waals surface area contributed by atoms with Crippen molar-refractivity contribution in [2.45, 2.75) is 32.2 Å². The van der Waals surface area contributed by atoms with Crippen molar-refractivity contribution in [3.05, 3.63) is 35.5 Å². The number of halogens is 1. The zero-order valence-corrected chi connectivity index (χ0v) is 11.0. The molecule has 0 spiro atoms. The number of rotatable bonds is 3. The molecule has 3 rings (SSSR count). The molecule has 3 heteroatoms. The highest BCUT2D eigenvalue weighted by Gasteiger charge is 2.22. The minimum Gasteiger partial charge on any atom is -0.340 e. The summed E-state index contributed by atoms with van der Waals surface area (Å²) < 4.78 is 2.02. The van der Waals surface area contributed by atoms with Crippen LogP contribution in [0.4, 0.5) is 0 Å². The molecule has 0 amide bonds. The monoisotopic (exact) mass is 261 g/mol. The predicted molar refractivity (Wildman–Crippen MR) is 73.9 cm³/mol. The van der Waals surface area contributed by atoms with Crippen LogP contribution in [0.25, 0.3) is 10.9 Å². The maximum atomic E-state index is 12.2. The fourth-order valence-corrected chi connectivity index (χ4v) is 3.01. The minimum absolute atomic E-state index is 0.279. The molecule has 1 saturated carbocycles. The summed E-state index contributed by atoms with van der Waals surface area (Å²) in [7, 11) is 0. The normalized spacial score (nSPS) is 16.5. The first kappa shape index (κ1) is 11.8. The van der Waals surface area contributed by atoms with Crippen molar-refractivity contribution in [2.24, 2.45) is 5.92 Å². The number of hydrogen-bond acceptors (Lipinski definition) is 1. The third-order valence-corrected chi connectivity index (χ3v) is 4.11. The molecule has 0 aliphatic heterocycles. The standard InChI is InChI=1S/C15H16ClNO/c16-13-6-5-11-7-8-17(14(11)9-13)10-15(18)12-3-1-2-4-12/h5-9,12H,1-4,10H2. The lowest BCUT2D eigenvalue weighted by Crippen LogP contribution is -2.17. The van der Waals surface area contributed by atoms with E-state index in [0.29, 0.717) is 12.3 Å². The van der Waals surface area contributed by atoms with Crippen molar-refractivity contribution < 1.29 is 4.79 Å². The van der Waals surface area contributed by atoms with Gasteiger partial charge in [-0.1, -0.05) is 30.5 Å². The van der Waals surface area contributed by atoms with Gasteiger partial charge in [0.05, 0.1) is 6.54 Å². The molecule has 1 aromatic heterocycles. The summed E-state index contributed by atoms with van der Waals surface area (Å²) in [6.45, 7) is 0.481. The highest BCUT2D eigenvalue weighted by atomic mass is 35.5. The largest absolute Gasteiger partial charge is 0.340 e. The van der Waals surface area contributed by atoms with Gasteiger partial charge >= 0.3 is 0 Å². The highest BCUT2D eigenvalue weighted by molar-refractivity contribution is 6.31. The first-order valence-electron chi connectivity index (χ1n) is 6.51. The van der Waals surface area contributed by atoms with E-state index in [2.05, 4.69) is 0 Å². The fourth-order valence-electron chi connectivity index (χ4n) is 2.84. The van der Waals surface area contributed by atoms with E-state index in [-0.39, 0.29) is 5.92 Å². The van der Waals surface area contributed by atoms with Gasteiger partial charge in [0.15, 0.2) is 5.78 Å². The Kier molecular flexibility index (Phi) is 3.13. The van der Waals surface area contributed by atoms with Gasteiger partial charge in [0.2, 0.25) is 0 Å². The second-order valence-corrected chi connectivity index (χ2v) is 5.53. The molecule has 0 atom stereocenters. The number of benzene rings is 1. The summed E-state index contributed by atoms with van der Waals surface area (Å²) in [5.41, 5.74) is 1.05.